The van der Waals surface area contributed by atoms with E-state index in [1.165, 1.54) is 0 Å². The van der Waals surface area contributed by atoms with Gasteiger partial charge in [-0.2, -0.15) is 0 Å². The van der Waals surface area contributed by atoms with Crippen LogP contribution in [-0.4, -0.2) is 43.1 Å². The van der Waals surface area contributed by atoms with Gasteiger partial charge in [0.2, 0.25) is 12.7 Å². The zero-order chi connectivity index (χ0) is 20.9. The Labute approximate surface area is 177 Å². The summed E-state index contributed by atoms with van der Waals surface area (Å²) in [6.45, 7) is 1.23. The van der Waals surface area contributed by atoms with Crippen LogP contribution in [0.3, 0.4) is 0 Å². The van der Waals surface area contributed by atoms with Gasteiger partial charge in [0, 0.05) is 13.6 Å². The van der Waals surface area contributed by atoms with Gasteiger partial charge < -0.3 is 14.4 Å². The minimum atomic E-state index is -0.126. The molecule has 0 spiro atoms. The first-order chi connectivity index (χ1) is 14.6. The third-order valence-corrected chi connectivity index (χ3v) is 5.31. The molecular weight excluding hydrogens is 376 g/mol. The normalized spacial score (nSPS) is 12.4. The molecular formula is C25H26N2O3. The predicted octanol–water partition coefficient (Wildman–Crippen LogP) is 4.10. The average Bonchev–Trinajstić information content (AvgIpc) is 3.23. The van der Waals surface area contributed by atoms with Crippen molar-refractivity contribution in [2.45, 2.75) is 12.6 Å². The lowest BCUT2D eigenvalue weighted by Gasteiger charge is -2.30. The fourth-order valence-corrected chi connectivity index (χ4v) is 3.80. The second kappa shape index (κ2) is 9.01. The van der Waals surface area contributed by atoms with Crippen LogP contribution in [0.25, 0.3) is 0 Å². The number of hydrogen-bond donors (Lipinski definition) is 0. The second-order valence-corrected chi connectivity index (χ2v) is 7.59. The number of carbonyl (C=O) groups is 1. The lowest BCUT2D eigenvalue weighted by atomic mass is 9.97. The fourth-order valence-electron chi connectivity index (χ4n) is 3.80. The maximum Gasteiger partial charge on any atom is 0.237 e. The summed E-state index contributed by atoms with van der Waals surface area (Å²) in [5.41, 5.74) is 3.27. The maximum atomic E-state index is 13.2. The molecule has 0 radical (unpaired) electrons. The van der Waals surface area contributed by atoms with Gasteiger partial charge >= 0.3 is 0 Å². The van der Waals surface area contributed by atoms with E-state index in [-0.39, 0.29) is 18.7 Å². The van der Waals surface area contributed by atoms with Crippen LogP contribution in [0.15, 0.2) is 78.9 Å². The lowest BCUT2D eigenvalue weighted by Crippen LogP contribution is -2.39. The first-order valence-corrected chi connectivity index (χ1v) is 10.0. The van der Waals surface area contributed by atoms with Crippen molar-refractivity contribution in [2.75, 3.05) is 27.4 Å². The standard InChI is InChI=1S/C25H26N2O3/c1-26(16-19-13-14-22-23(15-19)30-18-29-22)17-24(28)27(2)25(20-9-5-3-6-10-20)21-11-7-4-8-12-21/h3-15,25H,16-18H2,1-2H3. The minimum absolute atomic E-state index is 0.0657. The van der Waals surface area contributed by atoms with E-state index in [9.17, 15) is 4.79 Å². The Morgan fingerprint density at radius 3 is 2.10 bits per heavy atom. The highest BCUT2D eigenvalue weighted by atomic mass is 16.7. The van der Waals surface area contributed by atoms with E-state index < -0.39 is 0 Å². The van der Waals surface area contributed by atoms with Gasteiger partial charge in [0.05, 0.1) is 12.6 Å². The molecule has 4 rings (SSSR count). The average molecular weight is 402 g/mol. The molecule has 1 aliphatic rings. The number of benzene rings is 3. The molecule has 1 heterocycles. The molecule has 154 valence electrons. The second-order valence-electron chi connectivity index (χ2n) is 7.59. The van der Waals surface area contributed by atoms with Crippen LogP contribution in [0.5, 0.6) is 11.5 Å². The summed E-state index contributed by atoms with van der Waals surface area (Å²) in [6.07, 6.45) is 0. The monoisotopic (exact) mass is 402 g/mol. The van der Waals surface area contributed by atoms with Crippen LogP contribution >= 0.6 is 0 Å². The molecule has 0 fully saturated rings. The van der Waals surface area contributed by atoms with E-state index in [0.29, 0.717) is 13.1 Å². The number of hydrogen-bond acceptors (Lipinski definition) is 4. The molecule has 0 atom stereocenters. The van der Waals surface area contributed by atoms with E-state index in [2.05, 4.69) is 24.3 Å². The summed E-state index contributed by atoms with van der Waals surface area (Å²) in [7, 11) is 3.83. The Bertz CT molecular complexity index is 952. The van der Waals surface area contributed by atoms with Crippen LogP contribution in [0.4, 0.5) is 0 Å². The highest BCUT2D eigenvalue weighted by Gasteiger charge is 2.24. The van der Waals surface area contributed by atoms with Crippen molar-refractivity contribution in [3.8, 4) is 11.5 Å². The summed E-state index contributed by atoms with van der Waals surface area (Å²) < 4.78 is 10.8. The van der Waals surface area contributed by atoms with Crippen molar-refractivity contribution in [3.05, 3.63) is 95.6 Å². The van der Waals surface area contributed by atoms with E-state index in [1.54, 1.807) is 0 Å². The minimum Gasteiger partial charge on any atom is -0.454 e. The van der Waals surface area contributed by atoms with Gasteiger partial charge in [-0.3, -0.25) is 9.69 Å². The molecule has 0 N–H and O–H groups in total. The first kappa shape index (κ1) is 20.0. The van der Waals surface area contributed by atoms with Crippen molar-refractivity contribution >= 4 is 5.91 Å². The highest BCUT2D eigenvalue weighted by molar-refractivity contribution is 5.79. The van der Waals surface area contributed by atoms with Crippen LogP contribution in [0.1, 0.15) is 22.7 Å². The number of fused-ring (bicyclic) bond motifs is 1. The van der Waals surface area contributed by atoms with Gasteiger partial charge in [-0.1, -0.05) is 66.7 Å². The van der Waals surface area contributed by atoms with Crippen LogP contribution in [-0.2, 0) is 11.3 Å². The molecule has 1 aliphatic heterocycles. The summed E-state index contributed by atoms with van der Waals surface area (Å²) in [6, 6.07) is 26.1. The van der Waals surface area contributed by atoms with Crippen LogP contribution < -0.4 is 9.47 Å². The number of nitrogens with zero attached hydrogens (tertiary/aromatic N) is 2. The first-order valence-electron chi connectivity index (χ1n) is 10.0. The molecule has 5 heteroatoms. The number of ether oxygens (including phenoxy) is 2. The Hall–Kier alpha value is -3.31. The summed E-state index contributed by atoms with van der Waals surface area (Å²) in [5, 5.41) is 0. The third-order valence-electron chi connectivity index (χ3n) is 5.31. The third kappa shape index (κ3) is 4.47. The zero-order valence-corrected chi connectivity index (χ0v) is 17.3. The number of amides is 1. The molecule has 5 nitrogen and oxygen atoms in total. The molecule has 0 aromatic heterocycles. The molecule has 1 amide bonds. The van der Waals surface area contributed by atoms with Gasteiger partial charge in [-0.15, -0.1) is 0 Å². The van der Waals surface area contributed by atoms with Gasteiger partial charge in [-0.25, -0.2) is 0 Å². The molecule has 0 bridgehead atoms. The predicted molar refractivity (Wildman–Crippen MR) is 116 cm³/mol. The van der Waals surface area contributed by atoms with Crippen molar-refractivity contribution in [1.82, 2.24) is 9.80 Å². The van der Waals surface area contributed by atoms with Gasteiger partial charge in [0.25, 0.3) is 0 Å². The summed E-state index contributed by atoms with van der Waals surface area (Å²) >= 11 is 0. The fraction of sp³-hybridized carbons (Fsp3) is 0.240. The molecule has 3 aromatic carbocycles. The Morgan fingerprint density at radius 2 is 1.47 bits per heavy atom. The van der Waals surface area contributed by atoms with Crippen molar-refractivity contribution in [1.29, 1.82) is 0 Å². The van der Waals surface area contributed by atoms with Gasteiger partial charge in [0.1, 0.15) is 0 Å². The SMILES string of the molecule is CN(CC(=O)N(C)C(c1ccccc1)c1ccccc1)Cc1ccc2c(c1)OCO2. The smallest absolute Gasteiger partial charge is 0.237 e. The van der Waals surface area contributed by atoms with Gasteiger partial charge in [0.15, 0.2) is 11.5 Å². The van der Waals surface area contributed by atoms with Crippen molar-refractivity contribution < 1.29 is 14.3 Å². The van der Waals surface area contributed by atoms with E-state index in [4.69, 9.17) is 9.47 Å². The maximum absolute atomic E-state index is 13.2. The zero-order valence-electron chi connectivity index (χ0n) is 17.3. The summed E-state index contributed by atoms with van der Waals surface area (Å²) in [5.74, 6) is 1.60. The number of carbonyl (C=O) groups excluding carboxylic acids is 1. The molecule has 0 saturated heterocycles. The topological polar surface area (TPSA) is 42.0 Å². The Balaban J connectivity index is 1.46. The molecule has 30 heavy (non-hydrogen) atoms. The highest BCUT2D eigenvalue weighted by Crippen LogP contribution is 2.33. The van der Waals surface area contributed by atoms with Crippen molar-refractivity contribution in [3.63, 3.8) is 0 Å². The largest absolute Gasteiger partial charge is 0.454 e. The van der Waals surface area contributed by atoms with Crippen LogP contribution in [0, 0.1) is 0 Å². The molecule has 0 unspecified atom stereocenters. The molecule has 0 aliphatic carbocycles. The van der Waals surface area contributed by atoms with Gasteiger partial charge in [-0.05, 0) is 35.9 Å². The molecule has 0 saturated carbocycles. The lowest BCUT2D eigenvalue weighted by molar-refractivity contribution is -0.132. The number of rotatable bonds is 7. The Morgan fingerprint density at radius 1 is 0.867 bits per heavy atom. The Kier molecular flexibility index (Phi) is 6.00. The quantitative estimate of drug-likeness (QED) is 0.597. The van der Waals surface area contributed by atoms with Crippen molar-refractivity contribution in [2.24, 2.45) is 0 Å². The van der Waals surface area contributed by atoms with E-state index >= 15 is 0 Å². The number of likely N-dealkylation sites (N-methyl/N-ethyl adjacent to an activating group) is 2. The summed E-state index contributed by atoms with van der Waals surface area (Å²) in [4.78, 5) is 17.0. The van der Waals surface area contributed by atoms with Crippen LogP contribution in [0.2, 0.25) is 0 Å². The van der Waals surface area contributed by atoms with E-state index in [0.717, 1.165) is 28.2 Å². The van der Waals surface area contributed by atoms with E-state index in [1.807, 2.05) is 78.5 Å². The molecule has 3 aromatic rings.